The Hall–Kier alpha value is -5.20. The van der Waals surface area contributed by atoms with E-state index in [0.717, 1.165) is 27.7 Å². The zero-order chi connectivity index (χ0) is 32.5. The van der Waals surface area contributed by atoms with Gasteiger partial charge in [0.05, 0.1) is 40.1 Å². The summed E-state index contributed by atoms with van der Waals surface area (Å²) in [5.74, 6) is 0.0732. The van der Waals surface area contributed by atoms with Gasteiger partial charge in [0.2, 0.25) is 0 Å². The summed E-state index contributed by atoms with van der Waals surface area (Å²) in [4.78, 5) is 33.1. The van der Waals surface area contributed by atoms with E-state index in [2.05, 4.69) is 16.7 Å². The van der Waals surface area contributed by atoms with Crippen LogP contribution in [0.3, 0.4) is 0 Å². The average Bonchev–Trinajstić information content (AvgIpc) is 3.49. The van der Waals surface area contributed by atoms with E-state index in [9.17, 15) is 14.9 Å². The zero-order valence-electron chi connectivity index (χ0n) is 26.4. The lowest BCUT2D eigenvalue weighted by Gasteiger charge is -2.26. The van der Waals surface area contributed by atoms with E-state index < -0.39 is 12.0 Å². The second-order valence-corrected chi connectivity index (χ2v) is 12.4. The molecule has 5 aromatic rings. The fourth-order valence-corrected chi connectivity index (χ4v) is 7.09. The largest absolute Gasteiger partial charge is 0.491 e. The molecule has 0 aliphatic carbocycles. The molecule has 232 valence electrons. The summed E-state index contributed by atoms with van der Waals surface area (Å²) in [5.41, 5.74) is 5.67. The molecule has 8 nitrogen and oxygen atoms in total. The third kappa shape index (κ3) is 5.46. The minimum absolute atomic E-state index is 0.117. The molecule has 0 fully saturated rings. The van der Waals surface area contributed by atoms with Crippen molar-refractivity contribution in [1.82, 2.24) is 9.13 Å². The van der Waals surface area contributed by atoms with Gasteiger partial charge < -0.3 is 14.0 Å². The molecule has 46 heavy (non-hydrogen) atoms. The van der Waals surface area contributed by atoms with Gasteiger partial charge in [-0.1, -0.05) is 65.9 Å². The molecule has 0 saturated carbocycles. The normalized spacial score (nSPS) is 14.7. The summed E-state index contributed by atoms with van der Waals surface area (Å²) < 4.78 is 15.9. The van der Waals surface area contributed by atoms with Gasteiger partial charge in [-0.2, -0.15) is 5.26 Å². The first-order valence-corrected chi connectivity index (χ1v) is 16.1. The van der Waals surface area contributed by atoms with Crippen molar-refractivity contribution in [2.75, 3.05) is 6.61 Å². The van der Waals surface area contributed by atoms with Crippen LogP contribution in [0.2, 0.25) is 0 Å². The standard InChI is InChI=1S/C37H34N4O4S/c1-6-44-36(43)33-23(4)39-37-41(34(33)28-16-10-12-18-31(28)45-22(2)3)35(42)32(46-37)19-29-24(5)40(30-17-11-9-15-27(29)30)21-26-14-8-7-13-25(26)20-38/h7-19,22,34H,6,21H2,1-5H3/b32-19-/t34-/m0/s1. The number of fused-ring (bicyclic) bond motifs is 2. The van der Waals surface area contributed by atoms with Gasteiger partial charge in [0.15, 0.2) is 4.80 Å². The van der Waals surface area contributed by atoms with E-state index in [-0.39, 0.29) is 18.3 Å². The van der Waals surface area contributed by atoms with Gasteiger partial charge in [-0.15, -0.1) is 0 Å². The van der Waals surface area contributed by atoms with Crippen LogP contribution in [0.1, 0.15) is 61.7 Å². The second kappa shape index (κ2) is 12.7. The highest BCUT2D eigenvalue weighted by atomic mass is 32.1. The quantitative estimate of drug-likeness (QED) is 0.203. The third-order valence-electron chi connectivity index (χ3n) is 8.11. The summed E-state index contributed by atoms with van der Waals surface area (Å²) in [6.07, 6.45) is 1.80. The van der Waals surface area contributed by atoms with Crippen LogP contribution >= 0.6 is 11.3 Å². The number of rotatable bonds is 8. The van der Waals surface area contributed by atoms with E-state index in [0.29, 0.717) is 44.0 Å². The summed E-state index contributed by atoms with van der Waals surface area (Å²) in [5, 5.41) is 10.7. The van der Waals surface area contributed by atoms with Crippen molar-refractivity contribution in [2.45, 2.75) is 53.3 Å². The molecular formula is C37H34N4O4S. The Labute approximate surface area is 270 Å². The number of thiazole rings is 1. The molecule has 0 spiro atoms. The van der Waals surface area contributed by atoms with Gasteiger partial charge in [0, 0.05) is 34.3 Å². The SMILES string of the molecule is CCOC(=O)C1=C(C)N=c2s/c(=C\c3c(C)n(Cc4ccccc4C#N)c4ccccc34)c(=O)n2[C@H]1c1ccccc1OC(C)C. The predicted octanol–water partition coefficient (Wildman–Crippen LogP) is 5.77. The maximum absolute atomic E-state index is 14.4. The van der Waals surface area contributed by atoms with E-state index in [1.54, 1.807) is 18.4 Å². The highest BCUT2D eigenvalue weighted by Gasteiger charge is 2.35. The summed E-state index contributed by atoms with van der Waals surface area (Å²) in [7, 11) is 0. The number of aromatic nitrogens is 2. The van der Waals surface area contributed by atoms with E-state index >= 15 is 0 Å². The lowest BCUT2D eigenvalue weighted by Crippen LogP contribution is -2.40. The van der Waals surface area contributed by atoms with Gasteiger partial charge in [-0.05, 0) is 64.5 Å². The van der Waals surface area contributed by atoms with Crippen molar-refractivity contribution in [3.63, 3.8) is 0 Å². The smallest absolute Gasteiger partial charge is 0.338 e. The van der Waals surface area contributed by atoms with Gasteiger partial charge in [0.1, 0.15) is 11.8 Å². The first-order valence-electron chi connectivity index (χ1n) is 15.2. The van der Waals surface area contributed by atoms with Crippen LogP contribution in [0.15, 0.2) is 93.9 Å². The van der Waals surface area contributed by atoms with Gasteiger partial charge in [-0.25, -0.2) is 9.79 Å². The van der Waals surface area contributed by atoms with Crippen molar-refractivity contribution in [2.24, 2.45) is 4.99 Å². The maximum Gasteiger partial charge on any atom is 0.338 e. The fraction of sp³-hybridized carbons (Fsp3) is 0.243. The Balaban J connectivity index is 1.57. The lowest BCUT2D eigenvalue weighted by atomic mass is 9.95. The molecule has 0 bridgehead atoms. The molecule has 9 heteroatoms. The van der Waals surface area contributed by atoms with Gasteiger partial charge >= 0.3 is 5.97 Å². The van der Waals surface area contributed by atoms with Crippen molar-refractivity contribution in [1.29, 1.82) is 5.26 Å². The highest BCUT2D eigenvalue weighted by molar-refractivity contribution is 7.07. The number of hydrogen-bond acceptors (Lipinski definition) is 7. The predicted molar refractivity (Wildman–Crippen MR) is 180 cm³/mol. The molecule has 3 heterocycles. The lowest BCUT2D eigenvalue weighted by molar-refractivity contribution is -0.139. The highest BCUT2D eigenvalue weighted by Crippen LogP contribution is 2.36. The van der Waals surface area contributed by atoms with Crippen LogP contribution in [-0.4, -0.2) is 27.8 Å². The Morgan fingerprint density at radius 2 is 1.78 bits per heavy atom. The molecule has 0 amide bonds. The van der Waals surface area contributed by atoms with Crippen LogP contribution in [0, 0.1) is 18.3 Å². The number of carbonyl (C=O) groups excluding carboxylic acids is 1. The molecule has 0 saturated heterocycles. The van der Waals surface area contributed by atoms with E-state index in [1.165, 1.54) is 11.3 Å². The van der Waals surface area contributed by atoms with Gasteiger partial charge in [-0.3, -0.25) is 9.36 Å². The average molecular weight is 631 g/mol. The monoisotopic (exact) mass is 630 g/mol. The Bertz CT molecular complexity index is 2250. The Morgan fingerprint density at radius 1 is 1.07 bits per heavy atom. The molecule has 0 unspecified atom stereocenters. The molecular weight excluding hydrogens is 596 g/mol. The number of allylic oxidation sites excluding steroid dienone is 1. The first-order chi connectivity index (χ1) is 22.2. The number of para-hydroxylation sites is 2. The molecule has 1 aliphatic heterocycles. The number of esters is 1. The summed E-state index contributed by atoms with van der Waals surface area (Å²) in [6.45, 7) is 10.1. The van der Waals surface area contributed by atoms with Crippen LogP contribution in [0.25, 0.3) is 17.0 Å². The van der Waals surface area contributed by atoms with Crippen LogP contribution in [0.4, 0.5) is 0 Å². The fourth-order valence-electron chi connectivity index (χ4n) is 6.07. The minimum atomic E-state index is -0.780. The third-order valence-corrected chi connectivity index (χ3v) is 9.10. The molecule has 1 aliphatic rings. The molecule has 6 rings (SSSR count). The van der Waals surface area contributed by atoms with Gasteiger partial charge in [0.25, 0.3) is 5.56 Å². The molecule has 0 radical (unpaired) electrons. The minimum Gasteiger partial charge on any atom is -0.491 e. The number of nitriles is 1. The van der Waals surface area contributed by atoms with E-state index in [1.807, 2.05) is 93.6 Å². The molecule has 2 aromatic heterocycles. The van der Waals surface area contributed by atoms with Crippen molar-refractivity contribution < 1.29 is 14.3 Å². The second-order valence-electron chi connectivity index (χ2n) is 11.4. The van der Waals surface area contributed by atoms with Crippen molar-refractivity contribution >= 4 is 34.3 Å². The molecule has 1 atom stereocenters. The number of carbonyl (C=O) groups is 1. The Morgan fingerprint density at radius 3 is 2.54 bits per heavy atom. The Kier molecular flexibility index (Phi) is 8.48. The molecule has 3 aromatic carbocycles. The topological polar surface area (TPSA) is 98.6 Å². The number of nitrogens with zero attached hydrogens (tertiary/aromatic N) is 4. The zero-order valence-corrected chi connectivity index (χ0v) is 27.2. The number of benzene rings is 3. The molecule has 0 N–H and O–H groups in total. The van der Waals surface area contributed by atoms with Crippen LogP contribution in [0.5, 0.6) is 5.75 Å². The van der Waals surface area contributed by atoms with Crippen molar-refractivity contribution in [3.05, 3.63) is 132 Å². The summed E-state index contributed by atoms with van der Waals surface area (Å²) in [6, 6.07) is 24.7. The maximum atomic E-state index is 14.4. The van der Waals surface area contributed by atoms with Crippen molar-refractivity contribution in [3.8, 4) is 11.8 Å². The van der Waals surface area contributed by atoms with E-state index in [4.69, 9.17) is 14.5 Å². The summed E-state index contributed by atoms with van der Waals surface area (Å²) >= 11 is 1.29. The number of hydrogen-bond donors (Lipinski definition) is 0. The van der Waals surface area contributed by atoms with Crippen LogP contribution in [-0.2, 0) is 16.1 Å². The van der Waals surface area contributed by atoms with Crippen LogP contribution < -0.4 is 19.6 Å². The first kappa shape index (κ1) is 30.8. The number of ether oxygens (including phenoxy) is 2.